The van der Waals surface area contributed by atoms with E-state index in [-0.39, 0.29) is 43.8 Å². The number of ether oxygens (including phenoxy) is 1. The van der Waals surface area contributed by atoms with E-state index in [0.717, 1.165) is 33.6 Å². The van der Waals surface area contributed by atoms with Gasteiger partial charge >= 0.3 is 11.9 Å². The molecule has 0 aromatic heterocycles. The number of rotatable bonds is 8. The van der Waals surface area contributed by atoms with Crippen LogP contribution in [0.1, 0.15) is 127 Å². The highest BCUT2D eigenvalue weighted by molar-refractivity contribution is 8.18. The van der Waals surface area contributed by atoms with Crippen molar-refractivity contribution in [3.05, 3.63) is 46.2 Å². The summed E-state index contributed by atoms with van der Waals surface area (Å²) in [6, 6.07) is 4.29. The van der Waals surface area contributed by atoms with Crippen molar-refractivity contribution < 1.29 is 24.5 Å². The normalized spacial score (nSPS) is 17.3. The second-order valence-electron chi connectivity index (χ2n) is 16.0. The number of hydrogen-bond acceptors (Lipinski definition) is 6. The zero-order valence-corrected chi connectivity index (χ0v) is 30.0. The minimum atomic E-state index is -1.01. The molecular formula is C35H54O5S2. The fraction of sp³-hybridized carbons (Fsp3) is 0.657. The van der Waals surface area contributed by atoms with E-state index < -0.39 is 11.9 Å². The van der Waals surface area contributed by atoms with Crippen LogP contribution in [-0.4, -0.2) is 31.5 Å². The molecule has 0 aliphatic heterocycles. The smallest absolute Gasteiger partial charge is 0.311 e. The number of aromatic hydroxyl groups is 1. The predicted molar refractivity (Wildman–Crippen MR) is 178 cm³/mol. The van der Waals surface area contributed by atoms with E-state index in [9.17, 15) is 14.7 Å². The summed E-state index contributed by atoms with van der Waals surface area (Å²) in [4.78, 5) is 24.9. The van der Waals surface area contributed by atoms with Crippen LogP contribution in [0.2, 0.25) is 0 Å². The van der Waals surface area contributed by atoms with E-state index in [0.29, 0.717) is 11.5 Å². The van der Waals surface area contributed by atoms with Gasteiger partial charge in [0.15, 0.2) is 0 Å². The minimum absolute atomic E-state index is 0.152. The maximum Gasteiger partial charge on any atom is 0.311 e. The Bertz CT molecular complexity index is 1210. The van der Waals surface area contributed by atoms with Gasteiger partial charge in [-0.1, -0.05) is 89.2 Å². The number of esters is 1. The lowest BCUT2D eigenvalue weighted by Gasteiger charge is -2.39. The average Bonchev–Trinajstić information content (AvgIpc) is 2.76. The monoisotopic (exact) mass is 618 g/mol. The largest absolute Gasteiger partial charge is 0.507 e. The summed E-state index contributed by atoms with van der Waals surface area (Å²) < 4.78 is 5.76. The number of carbonyl (C=O) groups excluding carboxylic acids is 1. The molecule has 1 aliphatic rings. The maximum atomic E-state index is 12.7. The Labute approximate surface area is 263 Å². The van der Waals surface area contributed by atoms with E-state index in [1.54, 1.807) is 0 Å². The SMILES string of the molecule is CC(C)(Sc1cc(C(C)(C)C)c(O)c(C(C)(C)C)c1)SC1C=C(C(C)(C)C)C(OC(=O)CCC(=O)O)=C(C(C)(C)C)C1. The van der Waals surface area contributed by atoms with Gasteiger partial charge in [0, 0.05) is 21.3 Å². The van der Waals surface area contributed by atoms with Crippen molar-refractivity contribution in [2.45, 2.75) is 141 Å². The Morgan fingerprint density at radius 2 is 1.31 bits per heavy atom. The highest BCUT2D eigenvalue weighted by atomic mass is 32.2. The van der Waals surface area contributed by atoms with Crippen LogP contribution < -0.4 is 0 Å². The lowest BCUT2D eigenvalue weighted by molar-refractivity contribution is -0.144. The lowest BCUT2D eigenvalue weighted by atomic mass is 9.74. The molecule has 0 heterocycles. The summed E-state index contributed by atoms with van der Waals surface area (Å²) >= 11 is 3.71. The Balaban J connectivity index is 2.50. The van der Waals surface area contributed by atoms with Gasteiger partial charge in [-0.15, -0.1) is 23.5 Å². The predicted octanol–water partition coefficient (Wildman–Crippen LogP) is 10.0. The number of aliphatic carboxylic acids is 1. The number of hydrogen-bond donors (Lipinski definition) is 2. The van der Waals surface area contributed by atoms with Crippen LogP contribution >= 0.6 is 23.5 Å². The van der Waals surface area contributed by atoms with Gasteiger partial charge in [0.2, 0.25) is 0 Å². The molecule has 0 amide bonds. The number of benzene rings is 1. The fourth-order valence-electron chi connectivity index (χ4n) is 5.06. The van der Waals surface area contributed by atoms with E-state index in [2.05, 4.69) is 115 Å². The molecule has 5 nitrogen and oxygen atoms in total. The summed E-state index contributed by atoms with van der Waals surface area (Å²) in [5.74, 6) is -0.528. The first kappa shape index (κ1) is 36.3. The van der Waals surface area contributed by atoms with Crippen LogP contribution in [0.3, 0.4) is 0 Å². The molecule has 0 radical (unpaired) electrons. The van der Waals surface area contributed by atoms with Crippen molar-refractivity contribution in [1.82, 2.24) is 0 Å². The summed E-state index contributed by atoms with van der Waals surface area (Å²) in [6.45, 7) is 30.1. The van der Waals surface area contributed by atoms with Gasteiger partial charge in [-0.2, -0.15) is 0 Å². The average molecular weight is 619 g/mol. The molecule has 2 N–H and O–H groups in total. The van der Waals surface area contributed by atoms with E-state index in [1.165, 1.54) is 0 Å². The number of allylic oxidation sites excluding steroid dienone is 2. The summed E-state index contributed by atoms with van der Waals surface area (Å²) in [5.41, 5.74) is 3.05. The van der Waals surface area contributed by atoms with Crippen molar-refractivity contribution in [1.29, 1.82) is 0 Å². The molecule has 0 spiro atoms. The molecule has 42 heavy (non-hydrogen) atoms. The van der Waals surface area contributed by atoms with Crippen LogP contribution in [-0.2, 0) is 25.2 Å². The molecule has 1 atom stereocenters. The number of phenolic OH excluding ortho intramolecular Hbond substituents is 1. The maximum absolute atomic E-state index is 12.7. The van der Waals surface area contributed by atoms with Crippen molar-refractivity contribution in [2.75, 3.05) is 0 Å². The third-order valence-electron chi connectivity index (χ3n) is 7.25. The standard InChI is InChI=1S/C35H54O5S2/c1-31(2,3)23-17-21(18-24(29(23)39)32(4,5)6)41-35(13,14)42-22-19-25(33(7,8)9)30(26(20-22)34(10,11)12)40-28(38)16-15-27(36)37/h17-19,22,39H,15-16,20H2,1-14H3,(H,36,37). The van der Waals surface area contributed by atoms with Crippen molar-refractivity contribution in [3.63, 3.8) is 0 Å². The number of carbonyl (C=O) groups is 2. The lowest BCUT2D eigenvalue weighted by Crippen LogP contribution is -2.29. The second kappa shape index (κ2) is 12.6. The van der Waals surface area contributed by atoms with Gasteiger partial charge in [0.25, 0.3) is 0 Å². The third kappa shape index (κ3) is 9.83. The Morgan fingerprint density at radius 1 is 0.810 bits per heavy atom. The van der Waals surface area contributed by atoms with E-state index in [4.69, 9.17) is 9.84 Å². The highest BCUT2D eigenvalue weighted by Crippen LogP contribution is 2.52. The van der Waals surface area contributed by atoms with Gasteiger partial charge in [-0.3, -0.25) is 9.59 Å². The van der Waals surface area contributed by atoms with Crippen LogP contribution in [0.15, 0.2) is 40.0 Å². The van der Waals surface area contributed by atoms with Crippen molar-refractivity contribution in [3.8, 4) is 5.75 Å². The third-order valence-corrected chi connectivity index (χ3v) is 9.92. The topological polar surface area (TPSA) is 83.8 Å². The minimum Gasteiger partial charge on any atom is -0.507 e. The van der Waals surface area contributed by atoms with Gasteiger partial charge in [0.1, 0.15) is 11.5 Å². The molecule has 1 aliphatic carbocycles. The van der Waals surface area contributed by atoms with Crippen molar-refractivity contribution >= 4 is 35.5 Å². The Morgan fingerprint density at radius 3 is 1.71 bits per heavy atom. The molecule has 2 rings (SSSR count). The number of carboxylic acid groups (broad SMARTS) is 1. The molecule has 0 saturated heterocycles. The molecule has 1 aromatic carbocycles. The first-order chi connectivity index (χ1) is 18.7. The molecule has 7 heteroatoms. The van der Waals surface area contributed by atoms with Crippen LogP contribution in [0.5, 0.6) is 5.75 Å². The quantitative estimate of drug-likeness (QED) is 0.170. The number of thioether (sulfide) groups is 2. The summed E-state index contributed by atoms with van der Waals surface area (Å²) in [6.07, 6.45) is 2.57. The number of phenols is 1. The zero-order chi connectivity index (χ0) is 32.6. The van der Waals surface area contributed by atoms with Gasteiger partial charge in [0.05, 0.1) is 16.9 Å². The number of carboxylic acids is 1. The van der Waals surface area contributed by atoms with E-state index >= 15 is 0 Å². The Hall–Kier alpha value is -1.86. The van der Waals surface area contributed by atoms with Crippen molar-refractivity contribution in [2.24, 2.45) is 10.8 Å². The molecule has 0 bridgehead atoms. The first-order valence-corrected chi connectivity index (χ1v) is 16.6. The molecule has 0 saturated carbocycles. The highest BCUT2D eigenvalue weighted by Gasteiger charge is 2.38. The second-order valence-corrected chi connectivity index (χ2v) is 19.8. The van der Waals surface area contributed by atoms with Gasteiger partial charge < -0.3 is 14.9 Å². The molecule has 1 aromatic rings. The van der Waals surface area contributed by atoms with E-state index in [1.807, 2.05) is 23.5 Å². The van der Waals surface area contributed by atoms with Crippen LogP contribution in [0.25, 0.3) is 0 Å². The zero-order valence-electron chi connectivity index (χ0n) is 28.4. The molecule has 236 valence electrons. The summed E-state index contributed by atoms with van der Waals surface area (Å²) in [7, 11) is 0. The fourth-order valence-corrected chi connectivity index (χ4v) is 8.02. The van der Waals surface area contributed by atoms with Crippen LogP contribution in [0.4, 0.5) is 0 Å². The summed E-state index contributed by atoms with van der Waals surface area (Å²) in [5, 5.41) is 20.4. The van der Waals surface area contributed by atoms with Gasteiger partial charge in [-0.25, -0.2) is 0 Å². The van der Waals surface area contributed by atoms with Gasteiger partial charge in [-0.05, 0) is 65.2 Å². The Kier molecular flexibility index (Phi) is 10.9. The first-order valence-electron chi connectivity index (χ1n) is 14.9. The molecular weight excluding hydrogens is 565 g/mol. The van der Waals surface area contributed by atoms with Crippen LogP contribution in [0, 0.1) is 10.8 Å². The molecule has 0 fully saturated rings. The molecule has 1 unspecified atom stereocenters.